The molecule has 1 aromatic rings. The van der Waals surface area contributed by atoms with Gasteiger partial charge in [-0.05, 0) is 30.7 Å². The summed E-state index contributed by atoms with van der Waals surface area (Å²) in [4.78, 5) is 0. The van der Waals surface area contributed by atoms with Gasteiger partial charge in [0.25, 0.3) is 0 Å². The lowest BCUT2D eigenvalue weighted by Gasteiger charge is -2.08. The van der Waals surface area contributed by atoms with Crippen molar-refractivity contribution in [2.75, 3.05) is 5.32 Å². The van der Waals surface area contributed by atoms with Crippen LogP contribution in [0, 0.1) is 0 Å². The van der Waals surface area contributed by atoms with Crippen molar-refractivity contribution < 1.29 is 0 Å². The fraction of sp³-hybridized carbons (Fsp3) is 0.400. The third-order valence-corrected chi connectivity index (χ3v) is 3.13. The molecule has 1 unspecified atom stereocenters. The molecule has 1 N–H and O–H groups in total. The van der Waals surface area contributed by atoms with Crippen molar-refractivity contribution >= 4 is 21.6 Å². The normalized spacial score (nSPS) is 26.6. The van der Waals surface area contributed by atoms with Crippen molar-refractivity contribution in [3.05, 3.63) is 28.2 Å². The van der Waals surface area contributed by atoms with E-state index in [0.29, 0.717) is 12.0 Å². The summed E-state index contributed by atoms with van der Waals surface area (Å²) >= 11 is 3.48. The molecular formula is C10H12BrN. The van der Waals surface area contributed by atoms with Crippen molar-refractivity contribution in [3.63, 3.8) is 0 Å². The number of hydrogen-bond donors (Lipinski definition) is 1. The molecule has 2 heteroatoms. The van der Waals surface area contributed by atoms with Gasteiger partial charge in [-0.25, -0.2) is 0 Å². The Morgan fingerprint density at radius 2 is 2.08 bits per heavy atom. The molecule has 64 valence electrons. The minimum Gasteiger partial charge on any atom is -0.382 e. The van der Waals surface area contributed by atoms with Crippen molar-refractivity contribution in [1.82, 2.24) is 0 Å². The molecule has 0 radical (unpaired) electrons. The maximum absolute atomic E-state index is 3.48. The summed E-state index contributed by atoms with van der Waals surface area (Å²) in [6, 6.07) is 6.99. The molecule has 2 atom stereocenters. The van der Waals surface area contributed by atoms with Crippen molar-refractivity contribution in [2.45, 2.75) is 25.8 Å². The molecule has 12 heavy (non-hydrogen) atoms. The molecule has 0 spiro atoms. The lowest BCUT2D eigenvalue weighted by molar-refractivity contribution is 0.690. The first-order chi connectivity index (χ1) is 5.68. The predicted octanol–water partition coefficient (Wildman–Crippen LogP) is 3.37. The van der Waals surface area contributed by atoms with Gasteiger partial charge in [-0.1, -0.05) is 22.9 Å². The van der Waals surface area contributed by atoms with Crippen LogP contribution in [0.3, 0.4) is 0 Å². The number of rotatable bonds is 0. The first kappa shape index (κ1) is 8.11. The fourth-order valence-electron chi connectivity index (χ4n) is 1.68. The zero-order valence-corrected chi connectivity index (χ0v) is 8.85. The molecule has 0 saturated heterocycles. The first-order valence-corrected chi connectivity index (χ1v) is 5.04. The highest BCUT2D eigenvalue weighted by Gasteiger charge is 2.24. The second-order valence-electron chi connectivity index (χ2n) is 3.45. The van der Waals surface area contributed by atoms with Crippen LogP contribution < -0.4 is 5.32 Å². The van der Waals surface area contributed by atoms with E-state index in [-0.39, 0.29) is 0 Å². The summed E-state index contributed by atoms with van der Waals surface area (Å²) < 4.78 is 1.17. The summed E-state index contributed by atoms with van der Waals surface area (Å²) in [6.07, 6.45) is 0. The van der Waals surface area contributed by atoms with Gasteiger partial charge in [-0.15, -0.1) is 0 Å². The van der Waals surface area contributed by atoms with Crippen LogP contribution in [0.1, 0.15) is 25.3 Å². The molecule has 1 heterocycles. The Hall–Kier alpha value is -0.500. The summed E-state index contributed by atoms with van der Waals surface area (Å²) in [5.41, 5.74) is 2.72. The molecule has 0 fully saturated rings. The number of fused-ring (bicyclic) bond motifs is 1. The van der Waals surface area contributed by atoms with E-state index in [9.17, 15) is 0 Å². The summed E-state index contributed by atoms with van der Waals surface area (Å²) in [7, 11) is 0. The molecule has 0 saturated carbocycles. The summed E-state index contributed by atoms with van der Waals surface area (Å²) in [5, 5.41) is 3.45. The van der Waals surface area contributed by atoms with Gasteiger partial charge >= 0.3 is 0 Å². The van der Waals surface area contributed by atoms with Gasteiger partial charge in [-0.2, -0.15) is 0 Å². The van der Waals surface area contributed by atoms with Crippen LogP contribution in [0.5, 0.6) is 0 Å². The van der Waals surface area contributed by atoms with Gasteiger partial charge in [0.05, 0.1) is 0 Å². The monoisotopic (exact) mass is 225 g/mol. The Kier molecular flexibility index (Phi) is 1.87. The molecule has 1 aliphatic rings. The lowest BCUT2D eigenvalue weighted by Crippen LogP contribution is -2.12. The average molecular weight is 226 g/mol. The van der Waals surface area contributed by atoms with E-state index in [1.165, 1.54) is 15.7 Å². The van der Waals surface area contributed by atoms with E-state index in [1.807, 2.05) is 0 Å². The Bertz CT molecular complexity index is 309. The Balaban J connectivity index is 2.48. The first-order valence-electron chi connectivity index (χ1n) is 4.24. The number of hydrogen-bond acceptors (Lipinski definition) is 1. The molecule has 2 rings (SSSR count). The fourth-order valence-corrected chi connectivity index (χ4v) is 2.06. The Labute approximate surface area is 81.3 Å². The van der Waals surface area contributed by atoms with Crippen LogP contribution in [0.25, 0.3) is 0 Å². The molecule has 1 nitrogen and oxygen atoms in total. The van der Waals surface area contributed by atoms with Crippen LogP contribution in [0.15, 0.2) is 22.7 Å². The van der Waals surface area contributed by atoms with Gasteiger partial charge in [0, 0.05) is 22.1 Å². The Morgan fingerprint density at radius 1 is 1.33 bits per heavy atom. The number of anilines is 1. The molecule has 0 aliphatic carbocycles. The molecule has 1 aliphatic heterocycles. The SMILES string of the molecule is CC1c2cc(Br)ccc2N[C@@H]1C. The molecule has 1 aromatic carbocycles. The van der Waals surface area contributed by atoms with E-state index in [4.69, 9.17) is 0 Å². The van der Waals surface area contributed by atoms with Crippen LogP contribution in [-0.4, -0.2) is 6.04 Å². The number of benzene rings is 1. The Morgan fingerprint density at radius 3 is 2.83 bits per heavy atom. The van der Waals surface area contributed by atoms with E-state index in [1.54, 1.807) is 0 Å². The largest absolute Gasteiger partial charge is 0.382 e. The smallest absolute Gasteiger partial charge is 0.0379 e. The summed E-state index contributed by atoms with van der Waals surface area (Å²) in [5.74, 6) is 0.623. The predicted molar refractivity (Wildman–Crippen MR) is 55.6 cm³/mol. The van der Waals surface area contributed by atoms with E-state index in [2.05, 4.69) is 53.3 Å². The molecule has 0 bridgehead atoms. The van der Waals surface area contributed by atoms with Gasteiger partial charge in [0.1, 0.15) is 0 Å². The van der Waals surface area contributed by atoms with E-state index < -0.39 is 0 Å². The van der Waals surface area contributed by atoms with Gasteiger partial charge < -0.3 is 5.32 Å². The minimum atomic E-state index is 0.564. The third kappa shape index (κ3) is 1.14. The topological polar surface area (TPSA) is 12.0 Å². The van der Waals surface area contributed by atoms with Crippen LogP contribution in [-0.2, 0) is 0 Å². The van der Waals surface area contributed by atoms with Gasteiger partial charge in [0.2, 0.25) is 0 Å². The quantitative estimate of drug-likeness (QED) is 0.715. The number of nitrogens with one attached hydrogen (secondary N) is 1. The maximum Gasteiger partial charge on any atom is 0.0379 e. The maximum atomic E-state index is 3.48. The zero-order chi connectivity index (χ0) is 8.72. The van der Waals surface area contributed by atoms with Gasteiger partial charge in [-0.3, -0.25) is 0 Å². The second-order valence-corrected chi connectivity index (χ2v) is 4.37. The highest BCUT2D eigenvalue weighted by molar-refractivity contribution is 9.10. The van der Waals surface area contributed by atoms with E-state index in [0.717, 1.165) is 0 Å². The third-order valence-electron chi connectivity index (χ3n) is 2.64. The molecule has 0 aromatic heterocycles. The molecule has 0 amide bonds. The van der Waals surface area contributed by atoms with Crippen molar-refractivity contribution in [3.8, 4) is 0 Å². The lowest BCUT2D eigenvalue weighted by atomic mass is 9.99. The second kappa shape index (κ2) is 2.77. The van der Waals surface area contributed by atoms with Crippen molar-refractivity contribution in [1.29, 1.82) is 0 Å². The standard InChI is InChI=1S/C10H12BrN/c1-6-7(2)12-10-4-3-8(11)5-9(6)10/h3-7,12H,1-2H3/t6?,7-/m1/s1. The highest BCUT2D eigenvalue weighted by Crippen LogP contribution is 2.36. The summed E-state index contributed by atoms with van der Waals surface area (Å²) in [6.45, 7) is 4.48. The van der Waals surface area contributed by atoms with E-state index >= 15 is 0 Å². The van der Waals surface area contributed by atoms with Crippen LogP contribution in [0.2, 0.25) is 0 Å². The minimum absolute atomic E-state index is 0.564. The average Bonchev–Trinajstić information content (AvgIpc) is 2.31. The van der Waals surface area contributed by atoms with Crippen molar-refractivity contribution in [2.24, 2.45) is 0 Å². The molecular weight excluding hydrogens is 214 g/mol. The van der Waals surface area contributed by atoms with Crippen LogP contribution in [0.4, 0.5) is 5.69 Å². The van der Waals surface area contributed by atoms with Crippen LogP contribution >= 0.6 is 15.9 Å². The number of halogens is 1. The highest BCUT2D eigenvalue weighted by atomic mass is 79.9. The van der Waals surface area contributed by atoms with Gasteiger partial charge in [0.15, 0.2) is 0 Å². The zero-order valence-electron chi connectivity index (χ0n) is 7.26.